The Morgan fingerprint density at radius 2 is 1.71 bits per heavy atom. The Kier molecular flexibility index (Phi) is 8.02. The van der Waals surface area contributed by atoms with Gasteiger partial charge in [-0.2, -0.15) is 0 Å². The lowest BCUT2D eigenvalue weighted by atomic mass is 10.2. The van der Waals surface area contributed by atoms with E-state index in [9.17, 15) is 13.2 Å². The largest absolute Gasteiger partial charge is 0.355 e. The van der Waals surface area contributed by atoms with Crippen molar-refractivity contribution in [1.82, 2.24) is 15.4 Å². The SMILES string of the molecule is CN=C(NCCS(=O)(=O)NCc1ccccc1)NCc1ccc(N2CCCC2=O)cc1. The maximum atomic E-state index is 12.2. The molecular weight excluding hydrogens is 414 g/mol. The topological polar surface area (TPSA) is 103 Å². The van der Waals surface area contributed by atoms with Crippen LogP contribution in [-0.4, -0.2) is 46.2 Å². The highest BCUT2D eigenvalue weighted by molar-refractivity contribution is 7.89. The molecule has 0 saturated carbocycles. The van der Waals surface area contributed by atoms with Gasteiger partial charge in [-0.25, -0.2) is 13.1 Å². The Morgan fingerprint density at radius 3 is 2.35 bits per heavy atom. The van der Waals surface area contributed by atoms with Crippen LogP contribution in [0.25, 0.3) is 0 Å². The first kappa shape index (κ1) is 22.8. The zero-order valence-corrected chi connectivity index (χ0v) is 18.5. The summed E-state index contributed by atoms with van der Waals surface area (Å²) in [5.74, 6) is 0.639. The van der Waals surface area contributed by atoms with Crippen molar-refractivity contribution in [1.29, 1.82) is 0 Å². The average Bonchev–Trinajstić information content (AvgIpc) is 3.21. The summed E-state index contributed by atoms with van der Waals surface area (Å²) in [7, 11) is -1.76. The number of guanidine groups is 1. The third kappa shape index (κ3) is 7.08. The van der Waals surface area contributed by atoms with Crippen LogP contribution >= 0.6 is 0 Å². The molecule has 31 heavy (non-hydrogen) atoms. The summed E-state index contributed by atoms with van der Waals surface area (Å²) in [5, 5.41) is 6.19. The van der Waals surface area contributed by atoms with Gasteiger partial charge in [0.2, 0.25) is 15.9 Å². The molecule has 3 N–H and O–H groups in total. The Morgan fingerprint density at radius 1 is 1.00 bits per heavy atom. The highest BCUT2D eigenvalue weighted by Crippen LogP contribution is 2.21. The Hall–Kier alpha value is -2.91. The maximum absolute atomic E-state index is 12.2. The van der Waals surface area contributed by atoms with Gasteiger partial charge in [-0.1, -0.05) is 42.5 Å². The number of nitrogens with one attached hydrogen (secondary N) is 3. The third-order valence-electron chi connectivity index (χ3n) is 5.01. The fourth-order valence-electron chi connectivity index (χ4n) is 3.29. The quantitative estimate of drug-likeness (QED) is 0.404. The number of nitrogens with zero attached hydrogens (tertiary/aromatic N) is 2. The molecule has 0 aromatic heterocycles. The third-order valence-corrected chi connectivity index (χ3v) is 6.33. The van der Waals surface area contributed by atoms with E-state index in [1.54, 1.807) is 7.05 Å². The molecule has 1 heterocycles. The molecule has 166 valence electrons. The van der Waals surface area contributed by atoms with Crippen molar-refractivity contribution in [2.24, 2.45) is 4.99 Å². The van der Waals surface area contributed by atoms with E-state index in [2.05, 4.69) is 20.3 Å². The van der Waals surface area contributed by atoms with Crippen molar-refractivity contribution in [3.05, 3.63) is 65.7 Å². The molecule has 0 spiro atoms. The molecule has 8 nitrogen and oxygen atoms in total. The van der Waals surface area contributed by atoms with Gasteiger partial charge in [-0.3, -0.25) is 9.79 Å². The van der Waals surface area contributed by atoms with Crippen LogP contribution in [0.5, 0.6) is 0 Å². The zero-order valence-electron chi connectivity index (χ0n) is 17.7. The smallest absolute Gasteiger partial charge is 0.227 e. The highest BCUT2D eigenvalue weighted by atomic mass is 32.2. The van der Waals surface area contributed by atoms with E-state index in [1.165, 1.54) is 0 Å². The molecule has 1 saturated heterocycles. The normalized spacial score (nSPS) is 14.7. The van der Waals surface area contributed by atoms with E-state index in [0.717, 1.165) is 29.8 Å². The van der Waals surface area contributed by atoms with Gasteiger partial charge >= 0.3 is 0 Å². The zero-order chi connectivity index (χ0) is 22.1. The van der Waals surface area contributed by atoms with Crippen molar-refractivity contribution < 1.29 is 13.2 Å². The first-order valence-electron chi connectivity index (χ1n) is 10.3. The molecule has 1 aliphatic rings. The molecule has 3 rings (SSSR count). The number of carbonyl (C=O) groups is 1. The minimum absolute atomic E-state index is 0.0565. The van der Waals surface area contributed by atoms with Crippen LogP contribution in [0, 0.1) is 0 Å². The van der Waals surface area contributed by atoms with E-state index < -0.39 is 10.0 Å². The number of benzene rings is 2. The maximum Gasteiger partial charge on any atom is 0.227 e. The van der Waals surface area contributed by atoms with Crippen LogP contribution in [0.4, 0.5) is 5.69 Å². The van der Waals surface area contributed by atoms with Gasteiger partial charge in [-0.15, -0.1) is 0 Å². The predicted octanol–water partition coefficient (Wildman–Crippen LogP) is 1.60. The van der Waals surface area contributed by atoms with Crippen molar-refractivity contribution in [2.45, 2.75) is 25.9 Å². The van der Waals surface area contributed by atoms with Crippen molar-refractivity contribution in [2.75, 3.05) is 30.8 Å². The summed E-state index contributed by atoms with van der Waals surface area (Å²) in [4.78, 5) is 17.8. The van der Waals surface area contributed by atoms with Crippen LogP contribution in [0.3, 0.4) is 0 Å². The molecule has 0 unspecified atom stereocenters. The average molecular weight is 444 g/mol. The monoisotopic (exact) mass is 443 g/mol. The first-order chi connectivity index (χ1) is 15.0. The van der Waals surface area contributed by atoms with E-state index >= 15 is 0 Å². The molecule has 2 aromatic rings. The van der Waals surface area contributed by atoms with Crippen molar-refractivity contribution in [3.8, 4) is 0 Å². The second kappa shape index (κ2) is 10.9. The number of sulfonamides is 1. The molecule has 2 aromatic carbocycles. The summed E-state index contributed by atoms with van der Waals surface area (Å²) in [5.41, 5.74) is 2.87. The number of hydrogen-bond donors (Lipinski definition) is 3. The van der Waals surface area contributed by atoms with Gasteiger partial charge in [0, 0.05) is 45.3 Å². The Balaban J connectivity index is 1.40. The van der Waals surface area contributed by atoms with E-state index in [0.29, 0.717) is 18.9 Å². The van der Waals surface area contributed by atoms with Gasteiger partial charge in [0.15, 0.2) is 5.96 Å². The van der Waals surface area contributed by atoms with Gasteiger partial charge in [-0.05, 0) is 29.7 Å². The van der Waals surface area contributed by atoms with Gasteiger partial charge in [0.25, 0.3) is 0 Å². The molecule has 0 bridgehead atoms. The van der Waals surface area contributed by atoms with Gasteiger partial charge in [0.1, 0.15) is 0 Å². The first-order valence-corrected chi connectivity index (χ1v) is 12.0. The van der Waals surface area contributed by atoms with E-state index in [1.807, 2.05) is 59.5 Å². The highest BCUT2D eigenvalue weighted by Gasteiger charge is 2.21. The second-order valence-corrected chi connectivity index (χ2v) is 9.22. The van der Waals surface area contributed by atoms with E-state index in [4.69, 9.17) is 0 Å². The Labute approximate surface area is 183 Å². The van der Waals surface area contributed by atoms with Gasteiger partial charge < -0.3 is 15.5 Å². The molecule has 9 heteroatoms. The minimum atomic E-state index is -3.40. The number of rotatable bonds is 9. The molecular formula is C22H29N5O3S. The number of hydrogen-bond acceptors (Lipinski definition) is 4. The number of aliphatic imine (C=N–C) groups is 1. The van der Waals surface area contributed by atoms with Crippen LogP contribution < -0.4 is 20.3 Å². The fraction of sp³-hybridized carbons (Fsp3) is 0.364. The molecule has 0 atom stereocenters. The lowest BCUT2D eigenvalue weighted by Gasteiger charge is -2.16. The molecule has 1 fully saturated rings. The van der Waals surface area contributed by atoms with Gasteiger partial charge in [0.05, 0.1) is 5.75 Å². The summed E-state index contributed by atoms with van der Waals surface area (Å²) in [6.07, 6.45) is 1.52. The summed E-state index contributed by atoms with van der Waals surface area (Å²) in [6.45, 7) is 1.82. The lowest BCUT2D eigenvalue weighted by molar-refractivity contribution is -0.117. The predicted molar refractivity (Wildman–Crippen MR) is 123 cm³/mol. The Bertz CT molecular complexity index is 992. The number of carbonyl (C=O) groups excluding carboxylic acids is 1. The summed E-state index contributed by atoms with van der Waals surface area (Å²) in [6, 6.07) is 17.2. The summed E-state index contributed by atoms with van der Waals surface area (Å²) < 4.78 is 27.0. The van der Waals surface area contributed by atoms with Crippen LogP contribution in [0.1, 0.15) is 24.0 Å². The van der Waals surface area contributed by atoms with Crippen LogP contribution in [0.2, 0.25) is 0 Å². The summed E-state index contributed by atoms with van der Waals surface area (Å²) >= 11 is 0. The second-order valence-electron chi connectivity index (χ2n) is 7.29. The van der Waals surface area contributed by atoms with Crippen LogP contribution in [0.15, 0.2) is 59.6 Å². The standard InChI is InChI=1S/C22H29N5O3S/c1-23-22(24-13-15-31(29,30)26-17-18-6-3-2-4-7-18)25-16-19-9-11-20(12-10-19)27-14-5-8-21(27)28/h2-4,6-7,9-12,26H,5,8,13-17H2,1H3,(H2,23,24,25). The van der Waals surface area contributed by atoms with Crippen molar-refractivity contribution in [3.63, 3.8) is 0 Å². The molecule has 0 aliphatic carbocycles. The van der Waals surface area contributed by atoms with Crippen molar-refractivity contribution >= 4 is 27.6 Å². The molecule has 0 radical (unpaired) electrons. The molecule has 1 amide bonds. The minimum Gasteiger partial charge on any atom is -0.355 e. The number of amides is 1. The van der Waals surface area contributed by atoms with Crippen LogP contribution in [-0.2, 0) is 27.9 Å². The molecule has 1 aliphatic heterocycles. The van der Waals surface area contributed by atoms with E-state index in [-0.39, 0.29) is 24.7 Å². The fourth-order valence-corrected chi connectivity index (χ4v) is 4.19. The lowest BCUT2D eigenvalue weighted by Crippen LogP contribution is -2.40. The number of anilines is 1.